The van der Waals surface area contributed by atoms with Crippen molar-refractivity contribution in [3.8, 4) is 5.75 Å². The van der Waals surface area contributed by atoms with Crippen molar-refractivity contribution in [2.75, 3.05) is 33.8 Å². The SMILES string of the molecule is COc1ccc(C[C@@H](C)C(=O)N(CCc2ccccc2)C[C@@H]2CCCN2C)cc1. The maximum absolute atomic E-state index is 13.4. The third kappa shape index (κ3) is 6.07. The Balaban J connectivity index is 1.65. The van der Waals surface area contributed by atoms with Crippen LogP contribution in [0.2, 0.25) is 0 Å². The molecule has 0 aromatic heterocycles. The van der Waals surface area contributed by atoms with E-state index in [0.29, 0.717) is 6.04 Å². The van der Waals surface area contributed by atoms with Gasteiger partial charge >= 0.3 is 0 Å². The average Bonchev–Trinajstić information content (AvgIpc) is 3.16. The van der Waals surface area contributed by atoms with Crippen molar-refractivity contribution in [1.82, 2.24) is 9.80 Å². The predicted octanol–water partition coefficient (Wildman–Crippen LogP) is 4.04. The molecular formula is C25H34N2O2. The first-order valence-corrected chi connectivity index (χ1v) is 10.7. The summed E-state index contributed by atoms with van der Waals surface area (Å²) in [6.45, 7) is 4.79. The lowest BCUT2D eigenvalue weighted by Gasteiger charge is -2.31. The molecule has 3 rings (SSSR count). The second-order valence-corrected chi connectivity index (χ2v) is 8.25. The van der Waals surface area contributed by atoms with Gasteiger partial charge < -0.3 is 14.5 Å². The van der Waals surface area contributed by atoms with Gasteiger partial charge in [0.2, 0.25) is 5.91 Å². The first kappa shape index (κ1) is 21.4. The maximum Gasteiger partial charge on any atom is 0.225 e. The molecule has 0 saturated carbocycles. The fourth-order valence-electron chi connectivity index (χ4n) is 4.18. The Labute approximate surface area is 175 Å². The van der Waals surface area contributed by atoms with Crippen LogP contribution in [0.1, 0.15) is 30.9 Å². The van der Waals surface area contributed by atoms with Crippen molar-refractivity contribution in [2.24, 2.45) is 5.92 Å². The van der Waals surface area contributed by atoms with Crippen LogP contribution in [0.4, 0.5) is 0 Å². The average molecular weight is 395 g/mol. The van der Waals surface area contributed by atoms with E-state index >= 15 is 0 Å². The molecule has 4 nitrogen and oxygen atoms in total. The van der Waals surface area contributed by atoms with Gasteiger partial charge in [0.1, 0.15) is 5.75 Å². The molecule has 156 valence electrons. The number of nitrogens with zero attached hydrogens (tertiary/aromatic N) is 2. The molecule has 4 heteroatoms. The Bertz CT molecular complexity index is 760. The number of hydrogen-bond donors (Lipinski definition) is 0. The number of methoxy groups -OCH3 is 1. The van der Waals surface area contributed by atoms with Crippen molar-refractivity contribution in [2.45, 2.75) is 38.6 Å². The van der Waals surface area contributed by atoms with Crippen molar-refractivity contribution in [1.29, 1.82) is 0 Å². The molecule has 1 heterocycles. The maximum atomic E-state index is 13.4. The van der Waals surface area contributed by atoms with Gasteiger partial charge in [-0.1, -0.05) is 49.4 Å². The number of likely N-dealkylation sites (tertiary alicyclic amines) is 1. The molecule has 1 fully saturated rings. The number of rotatable bonds is 9. The van der Waals surface area contributed by atoms with Crippen LogP contribution in [0.5, 0.6) is 5.75 Å². The molecule has 0 aliphatic carbocycles. The highest BCUT2D eigenvalue weighted by molar-refractivity contribution is 5.79. The molecule has 0 unspecified atom stereocenters. The molecule has 1 saturated heterocycles. The largest absolute Gasteiger partial charge is 0.497 e. The molecule has 0 spiro atoms. The van der Waals surface area contributed by atoms with Gasteiger partial charge in [-0.2, -0.15) is 0 Å². The molecule has 1 aliphatic rings. The summed E-state index contributed by atoms with van der Waals surface area (Å²) >= 11 is 0. The third-order valence-corrected chi connectivity index (χ3v) is 6.05. The van der Waals surface area contributed by atoms with Crippen LogP contribution in [0.25, 0.3) is 0 Å². The molecular weight excluding hydrogens is 360 g/mol. The second-order valence-electron chi connectivity index (χ2n) is 8.25. The summed E-state index contributed by atoms with van der Waals surface area (Å²) in [7, 11) is 3.85. The Kier molecular flexibility index (Phi) is 7.70. The Morgan fingerprint density at radius 1 is 1.14 bits per heavy atom. The van der Waals surface area contributed by atoms with Crippen LogP contribution >= 0.6 is 0 Å². The normalized spacial score (nSPS) is 17.8. The van der Waals surface area contributed by atoms with E-state index < -0.39 is 0 Å². The van der Waals surface area contributed by atoms with Gasteiger partial charge in [-0.05, 0) is 62.5 Å². The number of benzene rings is 2. The zero-order valence-corrected chi connectivity index (χ0v) is 18.0. The lowest BCUT2D eigenvalue weighted by atomic mass is 9.99. The summed E-state index contributed by atoms with van der Waals surface area (Å²) in [5, 5.41) is 0. The molecule has 1 amide bonds. The van der Waals surface area contributed by atoms with Gasteiger partial charge in [-0.15, -0.1) is 0 Å². The highest BCUT2D eigenvalue weighted by atomic mass is 16.5. The molecule has 0 radical (unpaired) electrons. The summed E-state index contributed by atoms with van der Waals surface area (Å²) < 4.78 is 5.24. The smallest absolute Gasteiger partial charge is 0.225 e. The number of amides is 1. The van der Waals surface area contributed by atoms with E-state index in [-0.39, 0.29) is 11.8 Å². The third-order valence-electron chi connectivity index (χ3n) is 6.05. The highest BCUT2D eigenvalue weighted by Gasteiger charge is 2.27. The minimum atomic E-state index is -0.0362. The quantitative estimate of drug-likeness (QED) is 0.643. The predicted molar refractivity (Wildman–Crippen MR) is 118 cm³/mol. The molecule has 2 aromatic rings. The Morgan fingerprint density at radius 2 is 1.86 bits per heavy atom. The fraction of sp³-hybridized carbons (Fsp3) is 0.480. The lowest BCUT2D eigenvalue weighted by Crippen LogP contribution is -2.45. The van der Waals surface area contributed by atoms with Gasteiger partial charge in [-0.3, -0.25) is 4.79 Å². The summed E-state index contributed by atoms with van der Waals surface area (Å²) in [5.41, 5.74) is 2.46. The standard InChI is InChI=1S/C25H34N2O2/c1-20(18-22-11-13-24(29-3)14-12-22)25(28)27(19-23-10-7-16-26(23)2)17-15-21-8-5-4-6-9-21/h4-6,8-9,11-14,20,23H,7,10,15-19H2,1-3H3/t20-,23+/m1/s1. The van der Waals surface area contributed by atoms with Gasteiger partial charge in [0.05, 0.1) is 7.11 Å². The van der Waals surface area contributed by atoms with Crippen molar-refractivity contribution in [3.05, 3.63) is 65.7 Å². The minimum absolute atomic E-state index is 0.0362. The summed E-state index contributed by atoms with van der Waals surface area (Å²) in [5.74, 6) is 1.07. The van der Waals surface area contributed by atoms with Crippen LogP contribution in [-0.4, -0.2) is 55.5 Å². The van der Waals surface area contributed by atoms with Crippen LogP contribution in [-0.2, 0) is 17.6 Å². The lowest BCUT2D eigenvalue weighted by molar-refractivity contribution is -0.135. The van der Waals surface area contributed by atoms with Crippen LogP contribution in [0, 0.1) is 5.92 Å². The first-order valence-electron chi connectivity index (χ1n) is 10.7. The van der Waals surface area contributed by atoms with E-state index in [1.807, 2.05) is 18.2 Å². The highest BCUT2D eigenvalue weighted by Crippen LogP contribution is 2.20. The van der Waals surface area contributed by atoms with Crippen LogP contribution < -0.4 is 4.74 Å². The number of ether oxygens (including phenoxy) is 1. The van der Waals surface area contributed by atoms with Crippen LogP contribution in [0.3, 0.4) is 0 Å². The minimum Gasteiger partial charge on any atom is -0.497 e. The van der Waals surface area contributed by atoms with E-state index in [2.05, 4.69) is 60.2 Å². The van der Waals surface area contributed by atoms with Crippen molar-refractivity contribution >= 4 is 5.91 Å². The van der Waals surface area contributed by atoms with Crippen molar-refractivity contribution in [3.63, 3.8) is 0 Å². The van der Waals surface area contributed by atoms with E-state index in [1.165, 1.54) is 24.0 Å². The number of carbonyl (C=O) groups excluding carboxylic acids is 1. The van der Waals surface area contributed by atoms with E-state index in [0.717, 1.165) is 38.2 Å². The first-order chi connectivity index (χ1) is 14.1. The van der Waals surface area contributed by atoms with E-state index in [1.54, 1.807) is 7.11 Å². The molecule has 0 bridgehead atoms. The van der Waals surface area contributed by atoms with Gasteiger partial charge in [0.15, 0.2) is 0 Å². The molecule has 0 N–H and O–H groups in total. The molecule has 2 atom stereocenters. The van der Waals surface area contributed by atoms with Crippen LogP contribution in [0.15, 0.2) is 54.6 Å². The molecule has 29 heavy (non-hydrogen) atoms. The van der Waals surface area contributed by atoms with E-state index in [9.17, 15) is 4.79 Å². The van der Waals surface area contributed by atoms with Gasteiger partial charge in [0, 0.05) is 25.0 Å². The second kappa shape index (κ2) is 10.4. The zero-order valence-electron chi connectivity index (χ0n) is 18.0. The molecule has 2 aromatic carbocycles. The topological polar surface area (TPSA) is 32.8 Å². The summed E-state index contributed by atoms with van der Waals surface area (Å²) in [6, 6.07) is 19.0. The summed E-state index contributed by atoms with van der Waals surface area (Å²) in [4.78, 5) is 17.9. The monoisotopic (exact) mass is 394 g/mol. The molecule has 1 aliphatic heterocycles. The summed E-state index contributed by atoms with van der Waals surface area (Å²) in [6.07, 6.45) is 4.06. The number of hydrogen-bond acceptors (Lipinski definition) is 3. The fourth-order valence-corrected chi connectivity index (χ4v) is 4.18. The number of likely N-dealkylation sites (N-methyl/N-ethyl adjacent to an activating group) is 1. The van der Waals surface area contributed by atoms with E-state index in [4.69, 9.17) is 4.74 Å². The zero-order chi connectivity index (χ0) is 20.6. The van der Waals surface area contributed by atoms with Gasteiger partial charge in [0.25, 0.3) is 0 Å². The Hall–Kier alpha value is -2.33. The number of carbonyl (C=O) groups is 1. The van der Waals surface area contributed by atoms with Crippen molar-refractivity contribution < 1.29 is 9.53 Å². The van der Waals surface area contributed by atoms with Gasteiger partial charge in [-0.25, -0.2) is 0 Å². The Morgan fingerprint density at radius 3 is 2.48 bits per heavy atom.